The number of rotatable bonds is 22. The summed E-state index contributed by atoms with van der Waals surface area (Å²) in [6, 6.07) is 0. The predicted molar refractivity (Wildman–Crippen MR) is 136 cm³/mol. The molecule has 0 amide bonds. The maximum Gasteiger partial charge on any atom is 0.460 e. The van der Waals surface area contributed by atoms with Gasteiger partial charge in [0.1, 0.15) is 0 Å². The lowest BCUT2D eigenvalue weighted by Crippen LogP contribution is -2.74. The third-order valence-electron chi connectivity index (χ3n) is 6.80. The van der Waals surface area contributed by atoms with Crippen LogP contribution in [0.4, 0.5) is 74.6 Å². The minimum Gasteiger partial charge on any atom is -0.195 e. The molecule has 0 rings (SSSR count). The van der Waals surface area contributed by atoms with E-state index < -0.39 is 60.1 Å². The lowest BCUT2D eigenvalue weighted by molar-refractivity contribution is -0.459. The van der Waals surface area contributed by atoms with Crippen molar-refractivity contribution in [2.24, 2.45) is 0 Å². The van der Waals surface area contributed by atoms with Crippen molar-refractivity contribution in [1.82, 2.24) is 0 Å². The lowest BCUT2D eigenvalue weighted by Gasteiger charge is -2.42. The van der Waals surface area contributed by atoms with Gasteiger partial charge in [-0.3, -0.25) is 0 Å². The maximum absolute atomic E-state index is 13.8. The number of hydrogen-bond acceptors (Lipinski definition) is 0. The molecule has 0 aromatic heterocycles. The Kier molecular flexibility index (Phi) is 18.5. The normalized spacial score (nSPS) is 14.6. The van der Waals surface area contributed by atoms with Gasteiger partial charge in [0.25, 0.3) is 0 Å². The van der Waals surface area contributed by atoms with Crippen molar-refractivity contribution in [3.8, 4) is 0 Å². The number of unbranched alkanes of at least 4 members (excludes halogenated alkanes) is 14. The molecule has 0 fully saturated rings. The molecular weight excluding hydrogens is 659 g/mol. The van der Waals surface area contributed by atoms with Crippen LogP contribution in [0.25, 0.3) is 0 Å². The highest BCUT2D eigenvalue weighted by Gasteiger charge is 2.95. The first-order valence-corrected chi connectivity index (χ1v) is 14.7. The van der Waals surface area contributed by atoms with E-state index in [0.717, 1.165) is 51.4 Å². The molecule has 0 aromatic carbocycles. The summed E-state index contributed by atoms with van der Waals surface area (Å²) in [6.07, 6.45) is 3.27. The minimum atomic E-state index is -8.60. The molecule has 0 aliphatic heterocycles. The summed E-state index contributed by atoms with van der Waals surface area (Å²) in [5.41, 5.74) is 0. The molecule has 0 spiro atoms. The summed E-state index contributed by atoms with van der Waals surface area (Å²) >= 11 is 0. The van der Waals surface area contributed by atoms with Crippen molar-refractivity contribution in [2.45, 2.75) is 165 Å². The lowest BCUT2D eigenvalue weighted by atomic mass is 9.89. The van der Waals surface area contributed by atoms with Crippen LogP contribution in [0.3, 0.4) is 0 Å². The van der Waals surface area contributed by atoms with Gasteiger partial charge < -0.3 is 0 Å². The molecule has 272 valence electrons. The van der Waals surface area contributed by atoms with E-state index in [1.807, 2.05) is 13.8 Å². The molecule has 45 heavy (non-hydrogen) atoms. The summed E-state index contributed by atoms with van der Waals surface area (Å²) in [4.78, 5) is 0. The Hall–Kier alpha value is -1.45. The van der Waals surface area contributed by atoms with Gasteiger partial charge in [-0.25, -0.2) is 0 Å². The van der Waals surface area contributed by atoms with Crippen molar-refractivity contribution >= 4 is 0 Å². The highest BCUT2D eigenvalue weighted by molar-refractivity contribution is 5.17. The van der Waals surface area contributed by atoms with Crippen LogP contribution in [0, 0.1) is 0 Å². The summed E-state index contributed by atoms with van der Waals surface area (Å²) in [5.74, 6) is -56.1. The molecule has 0 saturated carbocycles. The molecule has 0 N–H and O–H groups in total. The van der Waals surface area contributed by atoms with Crippen LogP contribution in [0.15, 0.2) is 12.2 Å². The third-order valence-corrected chi connectivity index (χ3v) is 6.80. The van der Waals surface area contributed by atoms with Gasteiger partial charge in [0.15, 0.2) is 0 Å². The largest absolute Gasteiger partial charge is 0.460 e. The molecule has 0 atom stereocenters. The molecule has 0 aliphatic carbocycles. The van der Waals surface area contributed by atoms with Crippen LogP contribution in [0.2, 0.25) is 0 Å². The molecule has 0 saturated heterocycles. The number of hydrogen-bond donors (Lipinski definition) is 0. The molecule has 0 heterocycles. The van der Waals surface area contributed by atoms with Crippen LogP contribution in [-0.2, 0) is 0 Å². The van der Waals surface area contributed by atoms with E-state index in [2.05, 4.69) is 6.92 Å². The van der Waals surface area contributed by atoms with Crippen LogP contribution in [0.5, 0.6) is 0 Å². The molecule has 0 nitrogen and oxygen atoms in total. The maximum atomic E-state index is 13.8. The Morgan fingerprint density at radius 3 is 0.933 bits per heavy atom. The quantitative estimate of drug-likeness (QED) is 0.0599. The molecule has 0 unspecified atom stereocenters. The second kappa shape index (κ2) is 18.2. The first-order valence-electron chi connectivity index (χ1n) is 14.7. The Morgan fingerprint density at radius 1 is 0.356 bits per heavy atom. The number of allylic oxidation sites excluding steroid dienone is 2. The first-order chi connectivity index (χ1) is 20.3. The van der Waals surface area contributed by atoms with Crippen LogP contribution in [-0.4, -0.2) is 47.6 Å². The zero-order chi connectivity index (χ0) is 36.0. The van der Waals surface area contributed by atoms with Gasteiger partial charge in [-0.1, -0.05) is 110 Å². The van der Waals surface area contributed by atoms with E-state index in [1.54, 1.807) is 0 Å². The number of alkyl halides is 17. The van der Waals surface area contributed by atoms with E-state index in [-0.39, 0.29) is 12.5 Å². The van der Waals surface area contributed by atoms with Gasteiger partial charge in [-0.15, -0.1) is 0 Å². The van der Waals surface area contributed by atoms with Gasteiger partial charge in [-0.2, -0.15) is 74.6 Å². The zero-order valence-corrected chi connectivity index (χ0v) is 25.2. The monoisotopic (exact) mass is 700 g/mol. The van der Waals surface area contributed by atoms with Crippen molar-refractivity contribution < 1.29 is 74.6 Å². The van der Waals surface area contributed by atoms with Gasteiger partial charge in [0.05, 0.1) is 0 Å². The Labute approximate surface area is 252 Å². The minimum absolute atomic E-state index is 0.0132. The predicted octanol–water partition coefficient (Wildman–Crippen LogP) is 13.4. The van der Waals surface area contributed by atoms with Gasteiger partial charge >= 0.3 is 47.6 Å². The average Bonchev–Trinajstić information content (AvgIpc) is 2.92. The third kappa shape index (κ3) is 10.8. The van der Waals surface area contributed by atoms with E-state index in [0.29, 0.717) is 12.8 Å². The van der Waals surface area contributed by atoms with Crippen LogP contribution >= 0.6 is 0 Å². The molecule has 0 radical (unpaired) electrons. The Morgan fingerprint density at radius 2 is 0.622 bits per heavy atom. The highest BCUT2D eigenvalue weighted by atomic mass is 19.4. The Bertz CT molecular complexity index is 829. The summed E-state index contributed by atoms with van der Waals surface area (Å²) in [5, 5.41) is 0. The molecule has 0 aromatic rings. The van der Waals surface area contributed by atoms with E-state index in [9.17, 15) is 74.6 Å². The number of halogens is 17. The second-order valence-corrected chi connectivity index (χ2v) is 10.4. The molecule has 0 aliphatic rings. The zero-order valence-electron chi connectivity index (χ0n) is 25.2. The average molecular weight is 701 g/mol. The van der Waals surface area contributed by atoms with Gasteiger partial charge in [-0.05, 0) is 18.9 Å². The van der Waals surface area contributed by atoms with Crippen molar-refractivity contribution in [1.29, 1.82) is 0 Å². The SMILES string of the molecule is CC.CCCCCCCCCCCCCCCC/C=C/C(F)(F)C(F)(F)C(F)(F)C(F)(F)C(F)(F)C(F)(F)C(F)(F)C(F)(F)F. The van der Waals surface area contributed by atoms with Gasteiger partial charge in [0, 0.05) is 0 Å². The van der Waals surface area contributed by atoms with E-state index >= 15 is 0 Å². The van der Waals surface area contributed by atoms with Crippen molar-refractivity contribution in [3.05, 3.63) is 12.2 Å². The molecule has 0 bridgehead atoms. The van der Waals surface area contributed by atoms with E-state index in [1.165, 1.54) is 19.3 Å². The second-order valence-electron chi connectivity index (χ2n) is 10.4. The summed E-state index contributed by atoms with van der Waals surface area (Å²) < 4.78 is 225. The van der Waals surface area contributed by atoms with Crippen molar-refractivity contribution in [3.63, 3.8) is 0 Å². The van der Waals surface area contributed by atoms with Crippen molar-refractivity contribution in [2.75, 3.05) is 0 Å². The first kappa shape index (κ1) is 45.7. The smallest absolute Gasteiger partial charge is 0.195 e. The van der Waals surface area contributed by atoms with Crippen LogP contribution in [0.1, 0.15) is 117 Å². The van der Waals surface area contributed by atoms with Gasteiger partial charge in [0.2, 0.25) is 0 Å². The summed E-state index contributed by atoms with van der Waals surface area (Å²) in [7, 11) is 0. The summed E-state index contributed by atoms with van der Waals surface area (Å²) in [6.45, 7) is 6.12. The topological polar surface area (TPSA) is 0 Å². The Balaban J connectivity index is 0. The standard InChI is InChI=1S/C26H35F17.C2H6/c1-2-3-4-5-6-7-8-9-10-11-12-13-14-15-16-17-18-19(27,28)20(29,30)21(31,32)22(33,34)23(35,36)24(37,38)25(39,40)26(41,42)43;1-2/h17-18H,2-16H2,1H3;1-2H3/b18-17+;. The molecule has 17 heteroatoms. The fourth-order valence-electron chi connectivity index (χ4n) is 3.97. The fourth-order valence-corrected chi connectivity index (χ4v) is 3.97. The fraction of sp³-hybridized carbons (Fsp3) is 0.929. The molecular formula is C28H41F17. The highest BCUT2D eigenvalue weighted by Crippen LogP contribution is 2.64. The van der Waals surface area contributed by atoms with Crippen LogP contribution < -0.4 is 0 Å². The van der Waals surface area contributed by atoms with E-state index in [4.69, 9.17) is 0 Å².